The predicted molar refractivity (Wildman–Crippen MR) is 272 cm³/mol. The van der Waals surface area contributed by atoms with Crippen molar-refractivity contribution in [2.24, 2.45) is 0 Å². The highest BCUT2D eigenvalue weighted by Gasteiger charge is 2.25. The molecule has 4 aromatic heterocycles. The van der Waals surface area contributed by atoms with Crippen molar-refractivity contribution in [3.8, 4) is 22.5 Å². The van der Waals surface area contributed by atoms with Crippen LogP contribution in [-0.2, 0) is 0 Å². The Balaban J connectivity index is 1.05. The van der Waals surface area contributed by atoms with Crippen LogP contribution in [0.5, 0.6) is 0 Å². The number of hydrogen-bond donors (Lipinski definition) is 0. The molecule has 4 nitrogen and oxygen atoms in total. The van der Waals surface area contributed by atoms with Gasteiger partial charge in [-0.2, -0.15) is 0 Å². The Bertz CT molecular complexity index is 4050. The molecule has 0 spiro atoms. The predicted octanol–water partition coefficient (Wildman–Crippen LogP) is 16.1. The summed E-state index contributed by atoms with van der Waals surface area (Å²) in [4.78, 5) is 0. The van der Waals surface area contributed by atoms with Crippen molar-refractivity contribution in [3.05, 3.63) is 206 Å². The van der Waals surface area contributed by atoms with Crippen molar-refractivity contribution in [1.82, 2.24) is 18.3 Å². The third-order valence-corrected chi connectivity index (χ3v) is 14.0. The van der Waals surface area contributed by atoms with Crippen molar-refractivity contribution in [1.29, 1.82) is 0 Å². The summed E-state index contributed by atoms with van der Waals surface area (Å²) in [5, 5.41) is 10.2. The fourth-order valence-electron chi connectivity index (χ4n) is 11.3. The summed E-state index contributed by atoms with van der Waals surface area (Å²) < 4.78 is 10.1. The zero-order chi connectivity index (χ0) is 41.9. The number of nitrogens with zero attached hydrogens (tertiary/aromatic N) is 4. The molecule has 0 aliphatic heterocycles. The maximum atomic E-state index is 2.59. The average molecular weight is 819 g/mol. The molecule has 0 unspecified atom stereocenters. The molecular formula is C60H42N4. The largest absolute Gasteiger partial charge is 0.311 e. The molecule has 0 atom stereocenters. The van der Waals surface area contributed by atoms with Gasteiger partial charge in [-0.05, 0) is 110 Å². The molecule has 0 N–H and O–H groups in total. The molecule has 0 bridgehead atoms. The summed E-state index contributed by atoms with van der Waals surface area (Å²) in [5.74, 6) is 0. The number of benzene rings is 8. The number of fused-ring (bicyclic) bond motifs is 14. The Labute approximate surface area is 369 Å². The van der Waals surface area contributed by atoms with Crippen LogP contribution in [0.25, 0.3) is 121 Å². The minimum atomic E-state index is 0.998. The van der Waals surface area contributed by atoms with Gasteiger partial charge in [0.15, 0.2) is 0 Å². The van der Waals surface area contributed by atoms with Gasteiger partial charge >= 0.3 is 0 Å². The van der Waals surface area contributed by atoms with E-state index in [1.807, 2.05) is 0 Å². The lowest BCUT2D eigenvalue weighted by Crippen LogP contribution is -2.03. The van der Waals surface area contributed by atoms with Gasteiger partial charge in [0.25, 0.3) is 0 Å². The Morgan fingerprint density at radius 1 is 0.297 bits per heavy atom. The zero-order valence-corrected chi connectivity index (χ0v) is 35.2. The van der Waals surface area contributed by atoms with Gasteiger partial charge in [-0.1, -0.05) is 133 Å². The van der Waals surface area contributed by atoms with E-state index < -0.39 is 0 Å². The van der Waals surface area contributed by atoms with Crippen LogP contribution < -0.4 is 0 Å². The first kappa shape index (κ1) is 35.5. The number of hydrogen-bond acceptors (Lipinski definition) is 0. The third kappa shape index (κ3) is 4.99. The topological polar surface area (TPSA) is 19.7 Å². The normalized spacial score (nSPS) is 14.4. The molecule has 4 heteroatoms. The highest BCUT2D eigenvalue weighted by atomic mass is 15.1. The Hall–Kier alpha value is -8.08. The first-order valence-electron chi connectivity index (χ1n) is 22.6. The van der Waals surface area contributed by atoms with Crippen molar-refractivity contribution in [2.75, 3.05) is 0 Å². The molecule has 8 aromatic carbocycles. The zero-order valence-electron chi connectivity index (χ0n) is 35.2. The fourth-order valence-corrected chi connectivity index (χ4v) is 11.3. The summed E-state index contributed by atoms with van der Waals surface area (Å²) in [6.07, 6.45) is 17.8. The SMILES string of the molecule is C1=CCCC(n2c3ccccc3c3ccc4c5cc(-c6ccc7c(c6)c6ccc8c9ccccc9n(-c9ccccc9)c8c6n7-c6ccccc6)ccc5n(C5=CC=CCC5)c4c32)=C1. The van der Waals surface area contributed by atoms with Crippen molar-refractivity contribution >= 4 is 98.6 Å². The summed E-state index contributed by atoms with van der Waals surface area (Å²) in [6, 6.07) is 63.3. The Morgan fingerprint density at radius 3 is 1.12 bits per heavy atom. The van der Waals surface area contributed by atoms with E-state index in [-0.39, 0.29) is 0 Å². The molecule has 2 aliphatic carbocycles. The molecular weight excluding hydrogens is 777 g/mol. The van der Waals surface area contributed by atoms with Crippen LogP contribution in [0.15, 0.2) is 206 Å². The van der Waals surface area contributed by atoms with Gasteiger partial charge in [-0.3, -0.25) is 0 Å². The summed E-state index contributed by atoms with van der Waals surface area (Å²) in [6.45, 7) is 0. The minimum Gasteiger partial charge on any atom is -0.311 e. The second-order valence-corrected chi connectivity index (χ2v) is 17.5. The smallest absolute Gasteiger partial charge is 0.0788 e. The van der Waals surface area contributed by atoms with Crippen molar-refractivity contribution in [3.63, 3.8) is 0 Å². The van der Waals surface area contributed by atoms with Crippen LogP contribution in [0.4, 0.5) is 0 Å². The molecule has 0 saturated heterocycles. The maximum absolute atomic E-state index is 2.59. The monoisotopic (exact) mass is 818 g/mol. The van der Waals surface area contributed by atoms with Crippen molar-refractivity contribution < 1.29 is 0 Å². The van der Waals surface area contributed by atoms with Crippen LogP contribution >= 0.6 is 0 Å². The number of para-hydroxylation sites is 4. The van der Waals surface area contributed by atoms with Crippen LogP contribution in [-0.4, -0.2) is 18.3 Å². The van der Waals surface area contributed by atoms with Gasteiger partial charge in [0.2, 0.25) is 0 Å². The van der Waals surface area contributed by atoms with Gasteiger partial charge in [-0.15, -0.1) is 0 Å². The van der Waals surface area contributed by atoms with Crippen molar-refractivity contribution in [2.45, 2.75) is 25.7 Å². The molecule has 0 amide bonds. The van der Waals surface area contributed by atoms with Gasteiger partial charge in [0.1, 0.15) is 0 Å². The van der Waals surface area contributed by atoms with Gasteiger partial charge < -0.3 is 18.3 Å². The van der Waals surface area contributed by atoms with Crippen LogP contribution in [0.3, 0.4) is 0 Å². The number of rotatable bonds is 5. The fraction of sp³-hybridized carbons (Fsp3) is 0.0667. The maximum Gasteiger partial charge on any atom is 0.0788 e. The van der Waals surface area contributed by atoms with E-state index in [1.165, 1.54) is 110 Å². The van der Waals surface area contributed by atoms with E-state index in [0.29, 0.717) is 0 Å². The Morgan fingerprint density at radius 2 is 0.672 bits per heavy atom. The quantitative estimate of drug-likeness (QED) is 0.165. The van der Waals surface area contributed by atoms with Gasteiger partial charge in [0.05, 0.1) is 44.1 Å². The lowest BCUT2D eigenvalue weighted by Gasteiger charge is -2.18. The molecule has 14 rings (SSSR count). The minimum absolute atomic E-state index is 0.998. The molecule has 0 fully saturated rings. The first-order valence-corrected chi connectivity index (χ1v) is 22.6. The molecule has 0 saturated carbocycles. The first-order chi connectivity index (χ1) is 31.8. The van der Waals surface area contributed by atoms with E-state index in [4.69, 9.17) is 0 Å². The van der Waals surface area contributed by atoms with Gasteiger partial charge in [0, 0.05) is 65.9 Å². The molecule has 0 radical (unpaired) electrons. The standard InChI is InChI=1S/C60H42N4/c1-5-17-41(18-6-1)61-53-27-15-13-25-45(53)47-31-33-49-51-37-39(29-35-55(51)63(59(49)57(47)61)43-21-9-3-10-22-43)40-30-36-56-52(38-40)50-34-32-48-46-26-14-16-28-54(46)62(42-19-7-2-8-20-42)58(48)60(50)64(56)44-23-11-4-12-24-44/h1-7,9-11,13-19,21-23,25-38H,8,12,20,24H2. The summed E-state index contributed by atoms with van der Waals surface area (Å²) in [5.41, 5.74) is 17.4. The van der Waals surface area contributed by atoms with Crippen LogP contribution in [0.2, 0.25) is 0 Å². The third-order valence-electron chi connectivity index (χ3n) is 14.0. The molecule has 302 valence electrons. The molecule has 64 heavy (non-hydrogen) atoms. The number of allylic oxidation sites excluding steroid dienone is 8. The van der Waals surface area contributed by atoms with Crippen LogP contribution in [0, 0.1) is 0 Å². The second-order valence-electron chi connectivity index (χ2n) is 17.5. The van der Waals surface area contributed by atoms with Gasteiger partial charge in [-0.25, -0.2) is 0 Å². The van der Waals surface area contributed by atoms with E-state index >= 15 is 0 Å². The second kappa shape index (κ2) is 13.7. The molecule has 2 aliphatic rings. The lowest BCUT2D eigenvalue weighted by atomic mass is 10.00. The molecule has 4 heterocycles. The summed E-state index contributed by atoms with van der Waals surface area (Å²) >= 11 is 0. The van der Waals surface area contributed by atoms with Crippen LogP contribution in [0.1, 0.15) is 25.7 Å². The summed E-state index contributed by atoms with van der Waals surface area (Å²) in [7, 11) is 0. The van der Waals surface area contributed by atoms with E-state index in [1.54, 1.807) is 0 Å². The Kier molecular flexibility index (Phi) is 7.61. The molecule has 12 aromatic rings. The van der Waals surface area contributed by atoms with E-state index in [0.717, 1.165) is 37.1 Å². The highest BCUT2D eigenvalue weighted by Crippen LogP contribution is 2.46. The average Bonchev–Trinajstić information content (AvgIpc) is 4.10. The van der Waals surface area contributed by atoms with E-state index in [9.17, 15) is 0 Å². The number of aromatic nitrogens is 4. The van der Waals surface area contributed by atoms with E-state index in [2.05, 4.69) is 225 Å². The lowest BCUT2D eigenvalue weighted by molar-refractivity contribution is 0.970. The highest BCUT2D eigenvalue weighted by molar-refractivity contribution is 6.26.